The zero-order valence-electron chi connectivity index (χ0n) is 46.7. The summed E-state index contributed by atoms with van der Waals surface area (Å²) in [6.07, 6.45) is 4.45. The lowest BCUT2D eigenvalue weighted by Crippen LogP contribution is -2.18. The number of ether oxygens (including phenoxy) is 1. The molecule has 37 heteroatoms. The molecule has 15 rings (SSSR count). The Morgan fingerprint density at radius 3 is 1.18 bits per heavy atom. The maximum absolute atomic E-state index is 13.0. The summed E-state index contributed by atoms with van der Waals surface area (Å²) in [6.45, 7) is 3.92. The quantitative estimate of drug-likeness (QED) is 0.123. The Bertz CT molecular complexity index is 5100. The third-order valence-corrected chi connectivity index (χ3v) is 18.6. The number of hydrogen-bond acceptors (Lipinski definition) is 16. The van der Waals surface area contributed by atoms with Gasteiger partial charge in [-0.3, -0.25) is 47.6 Å². The van der Waals surface area contributed by atoms with Gasteiger partial charge in [0.2, 0.25) is 0 Å². The number of nitrogens with zero attached hydrogens (tertiary/aromatic N) is 10. The van der Waals surface area contributed by atoms with Crippen molar-refractivity contribution in [2.75, 3.05) is 7.11 Å². The zero-order chi connectivity index (χ0) is 65.7. The summed E-state index contributed by atoms with van der Waals surface area (Å²) in [6, 6.07) is 24.0. The van der Waals surface area contributed by atoms with Crippen LogP contribution < -0.4 is 28.3 Å². The number of fused-ring (bicyclic) bond motifs is 5. The molecule has 10 aromatic rings. The molecular formula is C55H39F6N15O11S5. The molecule has 5 N–H and O–H groups in total. The molecule has 5 atom stereocenters. The van der Waals surface area contributed by atoms with E-state index < -0.39 is 90.2 Å². The van der Waals surface area contributed by atoms with Crippen molar-refractivity contribution in [3.63, 3.8) is 0 Å². The van der Waals surface area contributed by atoms with Crippen molar-refractivity contribution >= 4 is 164 Å². The van der Waals surface area contributed by atoms with Gasteiger partial charge in [0, 0.05) is 57.3 Å². The van der Waals surface area contributed by atoms with Gasteiger partial charge in [0.05, 0.1) is 71.3 Å². The van der Waals surface area contributed by atoms with Crippen LogP contribution in [0, 0.1) is 13.8 Å². The zero-order valence-corrected chi connectivity index (χ0v) is 50.8. The minimum Gasteiger partial charge on any atom is -0.494 e. The highest BCUT2D eigenvalue weighted by Crippen LogP contribution is 2.37. The minimum atomic E-state index is -4.57. The van der Waals surface area contributed by atoms with E-state index in [1.165, 1.54) is 58.2 Å². The first-order valence-electron chi connectivity index (χ1n) is 26.0. The van der Waals surface area contributed by atoms with Gasteiger partial charge in [-0.15, -0.1) is 0 Å². The van der Waals surface area contributed by atoms with Crippen molar-refractivity contribution in [3.8, 4) is 5.75 Å². The number of nitrogens with one attached hydrogen (secondary N) is 5. The number of amides is 5. The average Bonchev–Trinajstić information content (AvgIpc) is 1.65. The van der Waals surface area contributed by atoms with Crippen molar-refractivity contribution in [2.24, 2.45) is 0 Å². The van der Waals surface area contributed by atoms with Gasteiger partial charge in [-0.25, -0.2) is 44.5 Å². The van der Waals surface area contributed by atoms with Crippen LogP contribution in [0.3, 0.4) is 0 Å². The topological polar surface area (TPSA) is 329 Å². The maximum Gasteiger partial charge on any atom is 0.418 e. The van der Waals surface area contributed by atoms with Gasteiger partial charge >= 0.3 is 12.4 Å². The summed E-state index contributed by atoms with van der Waals surface area (Å²) in [5.74, 6) is -1.69. The molecular weight excluding hydrogens is 1320 g/mol. The van der Waals surface area contributed by atoms with Gasteiger partial charge in [-0.1, -0.05) is 60.7 Å². The van der Waals surface area contributed by atoms with E-state index in [4.69, 9.17) is 4.74 Å². The molecule has 5 aliphatic heterocycles. The summed E-state index contributed by atoms with van der Waals surface area (Å²) in [5, 5.41) is 24.6. The highest BCUT2D eigenvalue weighted by molar-refractivity contribution is 7.94. The van der Waals surface area contributed by atoms with Crippen LogP contribution in [-0.4, -0.2) is 107 Å². The van der Waals surface area contributed by atoms with E-state index >= 15 is 0 Å². The number of benzene rings is 5. The van der Waals surface area contributed by atoms with Crippen molar-refractivity contribution in [2.45, 2.75) is 26.2 Å². The first kappa shape index (κ1) is 63.2. The fourth-order valence-electron chi connectivity index (χ4n) is 9.34. The molecule has 5 amide bonds. The molecule has 0 radical (unpaired) electrons. The number of methoxy groups -OCH3 is 1. The number of carbonyl (C=O) groups excluding carboxylic acids is 5. The normalized spacial score (nSPS) is 19.2. The molecule has 0 aliphatic carbocycles. The van der Waals surface area contributed by atoms with E-state index in [0.29, 0.717) is 31.7 Å². The third kappa shape index (κ3) is 12.7. The molecule has 0 spiro atoms. The monoisotopic (exact) mass is 1360 g/mol. The van der Waals surface area contributed by atoms with Crippen LogP contribution in [-0.2, 0) is 91.3 Å². The second-order valence-corrected chi connectivity index (χ2v) is 25.2. The van der Waals surface area contributed by atoms with E-state index in [0.717, 1.165) is 78.0 Å². The van der Waals surface area contributed by atoms with Gasteiger partial charge in [-0.2, -0.15) is 51.8 Å². The second-order valence-electron chi connectivity index (χ2n) is 19.4. The lowest BCUT2D eigenvalue weighted by molar-refractivity contribution is -0.138. The van der Waals surface area contributed by atoms with E-state index in [-0.39, 0.29) is 44.2 Å². The highest BCUT2D eigenvalue weighted by Gasteiger charge is 2.36. The Kier molecular flexibility index (Phi) is 17.3. The number of aromatic nitrogens is 10. The molecule has 5 aliphatic rings. The number of hydrogen-bond donors (Lipinski definition) is 5. The molecule has 5 aromatic carbocycles. The van der Waals surface area contributed by atoms with Gasteiger partial charge < -0.3 is 4.74 Å². The SMILES string of the molecule is COc1cccc2cnn(C3=CC(=O)NS3=O)c12.Cc1ccc2cnn(C3=CC(=O)NS3=O)c2c1.Cc1cccc2cnn(C3=CC(=O)NS3=O)c12.O=C1C=C(n2ncc3ccc(C(F)(F)F)cc32)S(=O)N1.O=C1C=C(n2ncc3cccc(C(F)(F)F)c32)S(=O)N1. The van der Waals surface area contributed by atoms with Crippen LogP contribution in [0.5, 0.6) is 5.75 Å². The Labute approximate surface area is 523 Å². The smallest absolute Gasteiger partial charge is 0.418 e. The van der Waals surface area contributed by atoms with E-state index in [9.17, 15) is 71.4 Å². The van der Waals surface area contributed by atoms with Gasteiger partial charge in [0.15, 0.2) is 80.1 Å². The van der Waals surface area contributed by atoms with E-state index in [1.807, 2.05) is 62.4 Å². The molecule has 0 fully saturated rings. The Morgan fingerprint density at radius 2 is 0.761 bits per heavy atom. The standard InChI is InChI=1S/2C11H6F3N3O2S.C11H9N3O3S.2C11H9N3O2S/c12-11(13,14)7-2-1-6-5-15-17(8(6)3-7)10-4-9(18)16-20(10)19;12-11(13,14)7-3-1-2-6-5-15-17(10(6)7)9-4-8(18)16-20(9)19;1-17-8-4-2-3-7-6-12-14(11(7)8)10-5-9(15)13-18(10)16;1-7-2-3-8-6-12-14(9(8)4-7)11-5-10(15)13-17(11)16;1-7-3-2-4-8-6-12-14(11(7)8)10-5-9(15)13-17(10)16/h2*1-5H,(H,16,18);2-6H,1H3,(H,13,15);2*2-6H,1H3,(H,13,15). The molecule has 10 heterocycles. The van der Waals surface area contributed by atoms with Gasteiger partial charge in [-0.05, 0) is 55.3 Å². The average molecular weight is 1360 g/mol. The fourth-order valence-corrected chi connectivity index (χ4v) is 13.6. The largest absolute Gasteiger partial charge is 0.494 e. The number of alkyl halides is 6. The molecule has 5 aromatic heterocycles. The predicted octanol–water partition coefficient (Wildman–Crippen LogP) is 5.80. The first-order valence-corrected chi connectivity index (χ1v) is 31.7. The van der Waals surface area contributed by atoms with Gasteiger partial charge in [0.1, 0.15) is 11.3 Å². The van der Waals surface area contributed by atoms with Crippen molar-refractivity contribution in [3.05, 3.63) is 175 Å². The highest BCUT2D eigenvalue weighted by atomic mass is 32.2. The molecule has 0 saturated carbocycles. The Balaban J connectivity index is 0.000000118. The van der Waals surface area contributed by atoms with E-state index in [1.54, 1.807) is 36.4 Å². The van der Waals surface area contributed by atoms with Crippen LogP contribution in [0.1, 0.15) is 22.3 Å². The summed E-state index contributed by atoms with van der Waals surface area (Å²) in [5.41, 5.74) is 2.70. The van der Waals surface area contributed by atoms with Crippen LogP contribution in [0.15, 0.2) is 152 Å². The lowest BCUT2D eigenvalue weighted by atomic mass is 10.1. The molecule has 0 bridgehead atoms. The number of para-hydroxylation sites is 3. The Morgan fingerprint density at radius 1 is 0.402 bits per heavy atom. The fraction of sp³-hybridized carbons (Fsp3) is 0.0909. The van der Waals surface area contributed by atoms with Crippen molar-refractivity contribution in [1.82, 2.24) is 72.5 Å². The molecule has 472 valence electrons. The van der Waals surface area contributed by atoms with Crippen LogP contribution >= 0.6 is 0 Å². The summed E-state index contributed by atoms with van der Waals surface area (Å²) < 4.78 is 158. The number of rotatable bonds is 6. The molecule has 5 unspecified atom stereocenters. The van der Waals surface area contributed by atoms with Crippen molar-refractivity contribution in [1.29, 1.82) is 0 Å². The van der Waals surface area contributed by atoms with E-state index in [2.05, 4.69) is 49.1 Å². The van der Waals surface area contributed by atoms with Gasteiger partial charge in [0.25, 0.3) is 29.5 Å². The first-order chi connectivity index (χ1) is 43.8. The Hall–Kier alpha value is -10.4. The summed E-state index contributed by atoms with van der Waals surface area (Å²) in [4.78, 5) is 55.7. The third-order valence-electron chi connectivity index (χ3n) is 13.3. The van der Waals surface area contributed by atoms with Crippen LogP contribution in [0.2, 0.25) is 0 Å². The molecule has 26 nitrogen and oxygen atoms in total. The minimum absolute atomic E-state index is 0.00400. The number of aryl methyl sites for hydroxylation is 2. The summed E-state index contributed by atoms with van der Waals surface area (Å²) in [7, 11) is -6.81. The maximum atomic E-state index is 13.0. The predicted molar refractivity (Wildman–Crippen MR) is 327 cm³/mol. The van der Waals surface area contributed by atoms with Crippen LogP contribution in [0.4, 0.5) is 26.3 Å². The number of carbonyl (C=O) groups is 5. The van der Waals surface area contributed by atoms with Crippen LogP contribution in [0.25, 0.3) is 79.7 Å². The van der Waals surface area contributed by atoms with Crippen molar-refractivity contribution < 1.29 is 76.1 Å². The number of halogens is 6. The molecule has 92 heavy (non-hydrogen) atoms. The lowest BCUT2D eigenvalue weighted by Gasteiger charge is -2.10. The molecule has 0 saturated heterocycles. The second kappa shape index (κ2) is 25.1. The summed E-state index contributed by atoms with van der Waals surface area (Å²) >= 11 is 0.